The average Bonchev–Trinajstić information content (AvgIpc) is 2.19. The van der Waals surface area contributed by atoms with Gasteiger partial charge in [-0.15, -0.1) is 0 Å². The van der Waals surface area contributed by atoms with Crippen LogP contribution in [0.5, 0.6) is 0 Å². The van der Waals surface area contributed by atoms with Crippen LogP contribution in [0.3, 0.4) is 0 Å². The van der Waals surface area contributed by atoms with E-state index in [1.54, 1.807) is 0 Å². The number of unbranched alkanes of at least 4 members (excludes halogenated alkanes) is 22. The molecule has 4 nitrogen and oxygen atoms in total. The summed E-state index contributed by atoms with van der Waals surface area (Å²) in [6, 6.07) is 41.5. The van der Waals surface area contributed by atoms with Crippen molar-refractivity contribution in [3.63, 3.8) is 0 Å². The number of aromatic amines is 1. The van der Waals surface area contributed by atoms with Gasteiger partial charge in [-0.05, 0) is 159 Å². The fourth-order valence-electron chi connectivity index (χ4n) is 15.5. The molecule has 1 fully saturated rings. The molecule has 2 aromatic heterocycles. The first-order valence-electron chi connectivity index (χ1n) is 34.9. The molecule has 0 spiro atoms. The van der Waals surface area contributed by atoms with E-state index in [-0.39, 0.29) is 12.0 Å². The van der Waals surface area contributed by atoms with Gasteiger partial charge in [-0.1, -0.05) is 215 Å². The van der Waals surface area contributed by atoms with E-state index >= 15 is 0 Å². The predicted molar refractivity (Wildman–Crippen MR) is 375 cm³/mol. The second-order valence-corrected chi connectivity index (χ2v) is 26.7. The van der Waals surface area contributed by atoms with E-state index in [9.17, 15) is 0 Å². The number of fused-ring (bicyclic) bond motifs is 7. The molecule has 3 aliphatic carbocycles. The molecule has 13 rings (SSSR count). The highest BCUT2D eigenvalue weighted by atomic mass is 15.2. The van der Waals surface area contributed by atoms with Gasteiger partial charge in [0.15, 0.2) is 0 Å². The van der Waals surface area contributed by atoms with Crippen molar-refractivity contribution < 1.29 is 0 Å². The Kier molecular flexibility index (Phi) is 19.2. The second-order valence-electron chi connectivity index (χ2n) is 26.7. The third-order valence-electron chi connectivity index (χ3n) is 20.3. The fourth-order valence-corrected chi connectivity index (χ4v) is 15.5. The minimum absolute atomic E-state index is 0.215. The zero-order valence-electron chi connectivity index (χ0n) is 52.9. The lowest BCUT2D eigenvalue weighted by Crippen LogP contribution is -2.38. The van der Waals surface area contributed by atoms with Crippen molar-refractivity contribution in [3.05, 3.63) is 178 Å². The molecule has 5 unspecified atom stereocenters. The molecule has 4 heteroatoms. The summed E-state index contributed by atoms with van der Waals surface area (Å²) in [5, 5.41) is 8.61. The normalized spacial score (nSPS) is 18.5. The summed E-state index contributed by atoms with van der Waals surface area (Å²) >= 11 is 0. The minimum Gasteiger partial charge on any atom is -0.378 e. The Hall–Kier alpha value is -7.76. The van der Waals surface area contributed by atoms with Gasteiger partial charge in [0, 0.05) is 131 Å². The van der Waals surface area contributed by atoms with E-state index in [1.807, 2.05) is 0 Å². The van der Waals surface area contributed by atoms with E-state index < -0.39 is 0 Å². The Morgan fingerprint density at radius 1 is 0.443 bits per heavy atom. The Morgan fingerprint density at radius 2 is 0.909 bits per heavy atom. The molecule has 16 bridgehead atoms. The predicted octanol–water partition coefficient (Wildman–Crippen LogP) is 21.5. The molecular formula is C84H92N4. The molecule has 5 atom stereocenters. The maximum Gasteiger partial charge on any atom is 0.0552 e. The van der Waals surface area contributed by atoms with Crippen molar-refractivity contribution >= 4 is 55.0 Å². The van der Waals surface area contributed by atoms with E-state index in [0.29, 0.717) is 17.9 Å². The Labute approximate surface area is 526 Å². The largest absolute Gasteiger partial charge is 0.378 e. The van der Waals surface area contributed by atoms with Crippen LogP contribution in [0.4, 0.5) is 11.4 Å². The van der Waals surface area contributed by atoms with Crippen LogP contribution in [-0.2, 0) is 6.54 Å². The molecular weight excluding hydrogens is 1060 g/mol. The fraction of sp³-hybridized carbons (Fsp3) is 0.429. The van der Waals surface area contributed by atoms with Crippen LogP contribution in [0.1, 0.15) is 244 Å². The van der Waals surface area contributed by atoms with Crippen LogP contribution in [0.2, 0.25) is 0 Å². The third kappa shape index (κ3) is 13.8. The first kappa shape index (κ1) is 59.2. The number of anilines is 2. The summed E-state index contributed by atoms with van der Waals surface area (Å²) in [6.07, 6.45) is 43.1. The van der Waals surface area contributed by atoms with Gasteiger partial charge >= 0.3 is 0 Å². The van der Waals surface area contributed by atoms with Gasteiger partial charge in [-0.25, -0.2) is 0 Å². The lowest BCUT2D eigenvalue weighted by Gasteiger charge is -2.35. The van der Waals surface area contributed by atoms with Gasteiger partial charge in [0.2, 0.25) is 0 Å². The summed E-state index contributed by atoms with van der Waals surface area (Å²) in [7, 11) is 0. The summed E-state index contributed by atoms with van der Waals surface area (Å²) in [4.78, 5) is 6.47. The first-order valence-corrected chi connectivity index (χ1v) is 34.9. The van der Waals surface area contributed by atoms with Gasteiger partial charge < -0.3 is 19.8 Å². The summed E-state index contributed by atoms with van der Waals surface area (Å²) in [6.45, 7) is 6.76. The standard InChI is InChI=1S/C84H92N4/c1-3-5-7-9-11-13-15-17-19-21-23-25-51-87-81-47-39-65-31-29-63-37-45-79-71(55-63)69-53-61(35-43-77(69)85-79)27-28-62-36-44-78-70(54-62)72-56-64(38-46-80(72)86-78)30-32-66-40-48-82-74(58-66)76-60-68(34-33-67-41-49-83(87)75(59-67)73(81)57-65)42-50-84(76)88(82)52-26-24-22-20-18-16-14-12-10-8-6-4-2/h35-39,41-47,49-50,53-57,59-60,66,72,74,80,82,85-86H,3-26,40,48,51-52,58H2,1-2H3. The molecule has 4 heterocycles. The number of aryl methyl sites for hydroxylation is 1. The summed E-state index contributed by atoms with van der Waals surface area (Å²) < 4.78 is 2.57. The molecule has 2 aliphatic heterocycles. The van der Waals surface area contributed by atoms with E-state index in [1.165, 1.54) is 205 Å². The quantitative estimate of drug-likeness (QED) is 0.0419. The molecule has 0 amide bonds. The molecule has 88 heavy (non-hydrogen) atoms. The zero-order valence-corrected chi connectivity index (χ0v) is 52.9. The number of benzene rings is 6. The minimum atomic E-state index is 0.215. The summed E-state index contributed by atoms with van der Waals surface area (Å²) in [5.41, 5.74) is 17.5. The number of H-pyrrole nitrogens is 1. The van der Waals surface area contributed by atoms with E-state index in [2.05, 4.69) is 208 Å². The van der Waals surface area contributed by atoms with Gasteiger partial charge in [0.05, 0.1) is 6.04 Å². The van der Waals surface area contributed by atoms with Crippen molar-refractivity contribution in [2.75, 3.05) is 16.8 Å². The number of aromatic nitrogens is 2. The van der Waals surface area contributed by atoms with Crippen LogP contribution in [0.15, 0.2) is 133 Å². The van der Waals surface area contributed by atoms with Crippen LogP contribution in [0.25, 0.3) is 43.6 Å². The Balaban J connectivity index is 0.806. The van der Waals surface area contributed by atoms with Crippen molar-refractivity contribution in [1.29, 1.82) is 0 Å². The van der Waals surface area contributed by atoms with Crippen molar-refractivity contribution in [3.8, 4) is 47.4 Å². The highest BCUT2D eigenvalue weighted by Gasteiger charge is 2.42. The first-order chi connectivity index (χ1) is 43.5. The zero-order chi connectivity index (χ0) is 59.4. The van der Waals surface area contributed by atoms with Gasteiger partial charge in [-0.2, -0.15) is 0 Å². The lowest BCUT2D eigenvalue weighted by atomic mass is 9.76. The number of hydrogen-bond donors (Lipinski definition) is 2. The smallest absolute Gasteiger partial charge is 0.0552 e. The molecule has 0 saturated heterocycles. The van der Waals surface area contributed by atoms with Crippen LogP contribution < -0.4 is 10.2 Å². The molecule has 6 aromatic carbocycles. The lowest BCUT2D eigenvalue weighted by molar-refractivity contribution is 0.337. The van der Waals surface area contributed by atoms with Gasteiger partial charge in [-0.3, -0.25) is 0 Å². The molecule has 8 aromatic rings. The molecule has 0 radical (unpaired) electrons. The molecule has 2 N–H and O–H groups in total. The van der Waals surface area contributed by atoms with E-state index in [0.717, 1.165) is 86.7 Å². The number of rotatable bonds is 26. The average molecular weight is 1160 g/mol. The van der Waals surface area contributed by atoms with Crippen molar-refractivity contribution in [2.24, 2.45) is 5.92 Å². The number of nitrogens with zero attached hydrogens (tertiary/aromatic N) is 2. The highest BCUT2D eigenvalue weighted by Crippen LogP contribution is 2.50. The Bertz CT molecular complexity index is 4130. The monoisotopic (exact) mass is 1160 g/mol. The second kappa shape index (κ2) is 28.6. The number of hydrogen-bond acceptors (Lipinski definition) is 2. The highest BCUT2D eigenvalue weighted by molar-refractivity contribution is 6.09. The van der Waals surface area contributed by atoms with Gasteiger partial charge in [0.25, 0.3) is 0 Å². The van der Waals surface area contributed by atoms with Crippen LogP contribution in [-0.4, -0.2) is 28.2 Å². The number of nitrogens with one attached hydrogen (secondary N) is 2. The van der Waals surface area contributed by atoms with Crippen molar-refractivity contribution in [2.45, 2.75) is 218 Å². The Morgan fingerprint density at radius 3 is 1.47 bits per heavy atom. The SMILES string of the molecule is CCCCCCCCCCCCCCN1c2ccc3cc2C2CC(C#CC4=CC5c6cc(ccc6NC5C=C4)C#Cc4ccc5[nH]c6ccc(cc6c5c4)C#Cc4ccc5c(c4)c4cc(ccc4n5CCCCCCCCCCCCCC)C#C3)CCC21. The van der Waals surface area contributed by atoms with Crippen molar-refractivity contribution in [1.82, 2.24) is 9.55 Å². The molecule has 1 saturated carbocycles. The number of allylic oxidation sites excluding steroid dienone is 2. The van der Waals surface area contributed by atoms with Crippen LogP contribution >= 0.6 is 0 Å². The van der Waals surface area contributed by atoms with E-state index in [4.69, 9.17) is 0 Å². The topological polar surface area (TPSA) is 36.0 Å². The maximum absolute atomic E-state index is 3.88. The van der Waals surface area contributed by atoms with Gasteiger partial charge in [0.1, 0.15) is 0 Å². The molecule has 448 valence electrons. The van der Waals surface area contributed by atoms with Crippen LogP contribution in [0, 0.1) is 53.3 Å². The molecule has 5 aliphatic rings. The maximum atomic E-state index is 3.88. The summed E-state index contributed by atoms with van der Waals surface area (Å²) in [5.74, 6) is 30.4. The third-order valence-corrected chi connectivity index (χ3v) is 20.3.